The van der Waals surface area contributed by atoms with Crippen LogP contribution in [0.4, 0.5) is 5.82 Å². The van der Waals surface area contributed by atoms with E-state index in [1.54, 1.807) is 24.3 Å². The quantitative estimate of drug-likeness (QED) is 0.556. The molecule has 0 radical (unpaired) electrons. The van der Waals surface area contributed by atoms with E-state index in [-0.39, 0.29) is 11.4 Å². The molecule has 9 heteroatoms. The Kier molecular flexibility index (Phi) is 5.70. The normalized spacial score (nSPS) is 11.5. The van der Waals surface area contributed by atoms with Crippen LogP contribution in [0.1, 0.15) is 5.82 Å². The van der Waals surface area contributed by atoms with E-state index in [0.717, 1.165) is 5.82 Å². The third-order valence-corrected chi connectivity index (χ3v) is 6.02. The number of anilines is 1. The van der Waals surface area contributed by atoms with Crippen molar-refractivity contribution in [3.05, 3.63) is 65.2 Å². The molecule has 0 spiro atoms. The zero-order valence-corrected chi connectivity index (χ0v) is 16.5. The van der Waals surface area contributed by atoms with Gasteiger partial charge >= 0.3 is 0 Å². The zero-order valence-electron chi connectivity index (χ0n) is 14.1. The van der Waals surface area contributed by atoms with Gasteiger partial charge in [-0.05, 0) is 47.1 Å². The van der Waals surface area contributed by atoms with Crippen molar-refractivity contribution >= 4 is 31.8 Å². The van der Waals surface area contributed by atoms with Crippen molar-refractivity contribution in [1.82, 2.24) is 19.3 Å². The first kappa shape index (κ1) is 18.6. The number of nitrogens with zero attached hydrogens (tertiary/aromatic N) is 3. The molecule has 0 amide bonds. The Labute approximate surface area is 160 Å². The van der Waals surface area contributed by atoms with Gasteiger partial charge in [0.25, 0.3) is 0 Å². The van der Waals surface area contributed by atoms with Crippen LogP contribution >= 0.6 is 15.9 Å². The molecule has 0 bridgehead atoms. The van der Waals surface area contributed by atoms with Crippen molar-refractivity contribution in [3.8, 4) is 5.82 Å². The van der Waals surface area contributed by atoms with Crippen molar-refractivity contribution in [2.75, 3.05) is 18.4 Å². The van der Waals surface area contributed by atoms with Crippen molar-refractivity contribution in [1.29, 1.82) is 0 Å². The highest BCUT2D eigenvalue weighted by atomic mass is 79.9. The summed E-state index contributed by atoms with van der Waals surface area (Å²) >= 11 is 3.26. The van der Waals surface area contributed by atoms with E-state index in [2.05, 4.69) is 35.9 Å². The Morgan fingerprint density at radius 3 is 2.54 bits per heavy atom. The second-order valence-corrected chi connectivity index (χ2v) is 8.09. The number of sulfonamides is 1. The molecular formula is C17H18BrN5O2S. The molecule has 0 aliphatic heterocycles. The van der Waals surface area contributed by atoms with Crippen LogP contribution in [0.25, 0.3) is 5.82 Å². The molecule has 0 aliphatic rings. The first-order valence-corrected chi connectivity index (χ1v) is 10.2. The number of hydrogen-bond acceptors (Lipinski definition) is 5. The average Bonchev–Trinajstić information content (AvgIpc) is 3.13. The van der Waals surface area contributed by atoms with Crippen LogP contribution in [0.3, 0.4) is 0 Å². The molecule has 1 aromatic carbocycles. The topological polar surface area (TPSA) is 88.9 Å². The van der Waals surface area contributed by atoms with Gasteiger partial charge in [-0.3, -0.25) is 0 Å². The lowest BCUT2D eigenvalue weighted by Gasteiger charge is -2.11. The molecule has 0 saturated carbocycles. The summed E-state index contributed by atoms with van der Waals surface area (Å²) in [5.41, 5.74) is 0. The van der Waals surface area contributed by atoms with Crippen LogP contribution in [0, 0.1) is 6.92 Å². The molecule has 2 heterocycles. The van der Waals surface area contributed by atoms with Gasteiger partial charge in [-0.15, -0.1) is 0 Å². The fourth-order valence-electron chi connectivity index (χ4n) is 2.38. The Hall–Kier alpha value is -2.23. The Morgan fingerprint density at radius 2 is 1.81 bits per heavy atom. The lowest BCUT2D eigenvalue weighted by atomic mass is 10.4. The maximum Gasteiger partial charge on any atom is 0.241 e. The number of halogens is 1. The first-order valence-electron chi connectivity index (χ1n) is 7.93. The number of hydrogen-bond donors (Lipinski definition) is 2. The van der Waals surface area contributed by atoms with Crippen molar-refractivity contribution in [3.63, 3.8) is 0 Å². The summed E-state index contributed by atoms with van der Waals surface area (Å²) in [7, 11) is -3.57. The van der Waals surface area contributed by atoms with Gasteiger partial charge in [-0.2, -0.15) is 0 Å². The molecule has 0 atom stereocenters. The second kappa shape index (κ2) is 7.98. The molecule has 7 nitrogen and oxygen atoms in total. The SMILES string of the molecule is Cc1nc(NCCNS(=O)(=O)c2ccccc2Br)cc(-n2cccc2)n1. The van der Waals surface area contributed by atoms with E-state index in [0.29, 0.717) is 22.7 Å². The lowest BCUT2D eigenvalue weighted by molar-refractivity contribution is 0.582. The largest absolute Gasteiger partial charge is 0.369 e. The second-order valence-electron chi connectivity index (χ2n) is 5.50. The Morgan fingerprint density at radius 1 is 1.08 bits per heavy atom. The Balaban J connectivity index is 1.61. The van der Waals surface area contributed by atoms with E-state index in [1.807, 2.05) is 42.1 Å². The molecule has 136 valence electrons. The molecule has 2 N–H and O–H groups in total. The number of nitrogens with one attached hydrogen (secondary N) is 2. The van der Waals surface area contributed by atoms with Crippen LogP contribution in [0.5, 0.6) is 0 Å². The number of benzene rings is 1. The lowest BCUT2D eigenvalue weighted by Crippen LogP contribution is -2.29. The van der Waals surface area contributed by atoms with E-state index in [9.17, 15) is 8.42 Å². The fourth-order valence-corrected chi connectivity index (χ4v) is 4.41. The van der Waals surface area contributed by atoms with Gasteiger partial charge in [0.1, 0.15) is 17.5 Å². The molecule has 2 aromatic heterocycles. The summed E-state index contributed by atoms with van der Waals surface area (Å²) in [5.74, 6) is 2.02. The van der Waals surface area contributed by atoms with Gasteiger partial charge in [0.2, 0.25) is 10.0 Å². The highest BCUT2D eigenvalue weighted by Crippen LogP contribution is 2.20. The van der Waals surface area contributed by atoms with Crippen LogP contribution in [-0.2, 0) is 10.0 Å². The summed E-state index contributed by atoms with van der Waals surface area (Å²) in [6.07, 6.45) is 3.80. The minimum atomic E-state index is -3.57. The predicted molar refractivity (Wildman–Crippen MR) is 104 cm³/mol. The molecule has 0 aliphatic carbocycles. The molecular weight excluding hydrogens is 418 g/mol. The number of rotatable bonds is 7. The van der Waals surface area contributed by atoms with Gasteiger partial charge in [0.05, 0.1) is 4.90 Å². The smallest absolute Gasteiger partial charge is 0.241 e. The average molecular weight is 436 g/mol. The third kappa shape index (κ3) is 4.48. The first-order chi connectivity index (χ1) is 12.5. The Bertz CT molecular complexity index is 990. The van der Waals surface area contributed by atoms with Crippen LogP contribution in [0.15, 0.2) is 64.2 Å². The summed E-state index contributed by atoms with van der Waals surface area (Å²) in [6.45, 7) is 2.44. The zero-order chi connectivity index (χ0) is 18.6. The summed E-state index contributed by atoms with van der Waals surface area (Å²) in [6, 6.07) is 12.3. The van der Waals surface area contributed by atoms with E-state index in [4.69, 9.17) is 0 Å². The van der Waals surface area contributed by atoms with Gasteiger partial charge < -0.3 is 9.88 Å². The van der Waals surface area contributed by atoms with Gasteiger partial charge in [0.15, 0.2) is 0 Å². The maximum absolute atomic E-state index is 12.3. The number of aryl methyl sites for hydroxylation is 1. The van der Waals surface area contributed by atoms with Gasteiger partial charge in [-0.1, -0.05) is 12.1 Å². The molecule has 26 heavy (non-hydrogen) atoms. The maximum atomic E-state index is 12.3. The van der Waals surface area contributed by atoms with E-state index < -0.39 is 10.0 Å². The highest BCUT2D eigenvalue weighted by molar-refractivity contribution is 9.10. The summed E-state index contributed by atoms with van der Waals surface area (Å²) in [4.78, 5) is 8.93. The van der Waals surface area contributed by atoms with Crippen LogP contribution in [0.2, 0.25) is 0 Å². The number of aromatic nitrogens is 3. The molecule has 0 fully saturated rings. The van der Waals surface area contributed by atoms with E-state index >= 15 is 0 Å². The molecule has 3 aromatic rings. The monoisotopic (exact) mass is 435 g/mol. The van der Waals surface area contributed by atoms with Crippen LogP contribution < -0.4 is 10.0 Å². The van der Waals surface area contributed by atoms with Crippen molar-refractivity contribution in [2.45, 2.75) is 11.8 Å². The minimum absolute atomic E-state index is 0.216. The van der Waals surface area contributed by atoms with Crippen molar-refractivity contribution in [2.24, 2.45) is 0 Å². The van der Waals surface area contributed by atoms with Crippen LogP contribution in [-0.4, -0.2) is 36.0 Å². The predicted octanol–water partition coefficient (Wildman–Crippen LogP) is 2.73. The highest BCUT2D eigenvalue weighted by Gasteiger charge is 2.16. The van der Waals surface area contributed by atoms with Gasteiger partial charge in [0, 0.05) is 36.0 Å². The standard InChI is InChI=1S/C17H18BrN5O2S/c1-13-21-16(12-17(22-13)23-10-4-5-11-23)19-8-9-20-26(24,25)15-7-3-2-6-14(15)18/h2-7,10-12,20H,8-9H2,1H3,(H,19,21,22). The minimum Gasteiger partial charge on any atom is -0.369 e. The molecule has 0 unspecified atom stereocenters. The fraction of sp³-hybridized carbons (Fsp3) is 0.176. The van der Waals surface area contributed by atoms with Gasteiger partial charge in [-0.25, -0.2) is 23.1 Å². The summed E-state index contributed by atoms with van der Waals surface area (Å²) < 4.78 is 29.6. The van der Waals surface area contributed by atoms with E-state index in [1.165, 1.54) is 0 Å². The summed E-state index contributed by atoms with van der Waals surface area (Å²) in [5, 5.41) is 3.12. The molecule has 0 saturated heterocycles. The van der Waals surface area contributed by atoms with Crippen molar-refractivity contribution < 1.29 is 8.42 Å². The third-order valence-electron chi connectivity index (χ3n) is 3.54. The molecule has 3 rings (SSSR count).